The first-order valence-corrected chi connectivity index (χ1v) is 7.94. The molecule has 20 heavy (non-hydrogen) atoms. The topological polar surface area (TPSA) is 49.9 Å². The molecule has 0 radical (unpaired) electrons. The van der Waals surface area contributed by atoms with Crippen molar-refractivity contribution in [2.75, 3.05) is 19.8 Å². The average Bonchev–Trinajstić information content (AvgIpc) is 2.51. The van der Waals surface area contributed by atoms with E-state index in [0.29, 0.717) is 19.6 Å². The van der Waals surface area contributed by atoms with Crippen molar-refractivity contribution in [1.82, 2.24) is 9.80 Å². The summed E-state index contributed by atoms with van der Waals surface area (Å²) < 4.78 is 5.39. The molecule has 3 rings (SSSR count). The van der Waals surface area contributed by atoms with Crippen LogP contribution in [0.15, 0.2) is 0 Å². The van der Waals surface area contributed by atoms with Crippen LogP contribution in [0, 0.1) is 0 Å². The molecular formula is C15H24N2O3. The van der Waals surface area contributed by atoms with Crippen molar-refractivity contribution >= 4 is 11.8 Å². The van der Waals surface area contributed by atoms with E-state index in [1.807, 2.05) is 16.7 Å². The summed E-state index contributed by atoms with van der Waals surface area (Å²) in [6.45, 7) is 4.17. The van der Waals surface area contributed by atoms with Gasteiger partial charge in [0.05, 0.1) is 0 Å². The number of piperidine rings is 1. The Hall–Kier alpha value is -1.10. The van der Waals surface area contributed by atoms with E-state index in [-0.39, 0.29) is 29.9 Å². The summed E-state index contributed by atoms with van der Waals surface area (Å²) in [4.78, 5) is 29.3. The van der Waals surface area contributed by atoms with Crippen LogP contribution in [0.1, 0.15) is 45.4 Å². The van der Waals surface area contributed by atoms with Gasteiger partial charge in [-0.05, 0) is 38.5 Å². The number of carbonyl (C=O) groups excluding carboxylic acids is 2. The van der Waals surface area contributed by atoms with Gasteiger partial charge in [0, 0.05) is 25.8 Å². The number of hydrogen-bond donors (Lipinski definition) is 0. The van der Waals surface area contributed by atoms with Crippen molar-refractivity contribution < 1.29 is 14.3 Å². The first kappa shape index (κ1) is 13.9. The highest BCUT2D eigenvalue weighted by molar-refractivity contribution is 5.97. The van der Waals surface area contributed by atoms with Crippen LogP contribution in [0.5, 0.6) is 0 Å². The van der Waals surface area contributed by atoms with E-state index in [4.69, 9.17) is 4.74 Å². The minimum absolute atomic E-state index is 0.170. The first-order valence-electron chi connectivity index (χ1n) is 7.94. The normalized spacial score (nSPS) is 32.5. The fourth-order valence-corrected chi connectivity index (χ4v) is 3.86. The number of nitrogens with zero attached hydrogens (tertiary/aromatic N) is 2. The van der Waals surface area contributed by atoms with Crippen LogP contribution in [-0.2, 0) is 14.3 Å². The fourth-order valence-electron chi connectivity index (χ4n) is 3.86. The molecule has 112 valence electrons. The van der Waals surface area contributed by atoms with Crippen LogP contribution in [0.4, 0.5) is 0 Å². The lowest BCUT2D eigenvalue weighted by molar-refractivity contribution is -0.168. The van der Waals surface area contributed by atoms with E-state index in [9.17, 15) is 9.59 Å². The summed E-state index contributed by atoms with van der Waals surface area (Å²) in [6, 6.07) is -0.254. The molecule has 3 aliphatic heterocycles. The smallest absolute Gasteiger partial charge is 0.246 e. The Kier molecular flexibility index (Phi) is 3.96. The Bertz CT molecular complexity index is 393. The van der Waals surface area contributed by atoms with Crippen molar-refractivity contribution in [2.24, 2.45) is 0 Å². The number of hydrogen-bond acceptors (Lipinski definition) is 3. The molecule has 0 N–H and O–H groups in total. The molecule has 0 spiro atoms. The summed E-state index contributed by atoms with van der Waals surface area (Å²) in [5.41, 5.74) is 0. The molecule has 0 saturated carbocycles. The van der Waals surface area contributed by atoms with Crippen molar-refractivity contribution in [3.05, 3.63) is 0 Å². The van der Waals surface area contributed by atoms with Crippen LogP contribution in [0.25, 0.3) is 0 Å². The third kappa shape index (κ3) is 2.22. The lowest BCUT2D eigenvalue weighted by Crippen LogP contribution is -2.68. The third-order valence-corrected chi connectivity index (χ3v) is 4.92. The lowest BCUT2D eigenvalue weighted by atomic mass is 9.91. The van der Waals surface area contributed by atoms with Gasteiger partial charge >= 0.3 is 0 Å². The molecule has 0 aromatic rings. The quantitative estimate of drug-likeness (QED) is 0.763. The predicted molar refractivity (Wildman–Crippen MR) is 74.1 cm³/mol. The van der Waals surface area contributed by atoms with Crippen LogP contribution in [-0.4, -0.2) is 59.5 Å². The summed E-state index contributed by atoms with van der Waals surface area (Å²) in [5, 5.41) is 0. The van der Waals surface area contributed by atoms with Gasteiger partial charge in [0.1, 0.15) is 12.1 Å². The number of carbonyl (C=O) groups is 2. The summed E-state index contributed by atoms with van der Waals surface area (Å²) in [5.74, 6) is 0.353. The molecule has 0 aliphatic carbocycles. The van der Waals surface area contributed by atoms with Gasteiger partial charge in [0.2, 0.25) is 11.8 Å². The maximum absolute atomic E-state index is 12.9. The molecule has 0 bridgehead atoms. The monoisotopic (exact) mass is 280 g/mol. The minimum Gasteiger partial charge on any atom is -0.381 e. The molecule has 3 aliphatic rings. The second kappa shape index (κ2) is 5.72. The molecule has 3 saturated heterocycles. The molecule has 3 fully saturated rings. The largest absolute Gasteiger partial charge is 0.381 e. The Labute approximate surface area is 120 Å². The molecule has 2 amide bonds. The van der Waals surface area contributed by atoms with E-state index >= 15 is 0 Å². The minimum atomic E-state index is -0.250. The molecule has 2 atom stereocenters. The summed E-state index contributed by atoms with van der Waals surface area (Å²) >= 11 is 0. The van der Waals surface area contributed by atoms with Gasteiger partial charge < -0.3 is 14.5 Å². The highest BCUT2D eigenvalue weighted by atomic mass is 16.5. The van der Waals surface area contributed by atoms with Gasteiger partial charge in [-0.25, -0.2) is 0 Å². The maximum atomic E-state index is 12.9. The molecule has 5 heteroatoms. The van der Waals surface area contributed by atoms with Crippen LogP contribution in [0.2, 0.25) is 0 Å². The molecule has 5 nitrogen and oxygen atoms in total. The number of ether oxygens (including phenoxy) is 1. The fraction of sp³-hybridized carbons (Fsp3) is 0.867. The second-order valence-electron chi connectivity index (χ2n) is 6.06. The summed E-state index contributed by atoms with van der Waals surface area (Å²) in [7, 11) is 0. The Balaban J connectivity index is 1.86. The zero-order chi connectivity index (χ0) is 14.1. The van der Waals surface area contributed by atoms with E-state index in [0.717, 1.165) is 38.6 Å². The van der Waals surface area contributed by atoms with Gasteiger partial charge in [0.15, 0.2) is 0 Å². The highest BCUT2D eigenvalue weighted by Crippen LogP contribution is 2.31. The third-order valence-electron chi connectivity index (χ3n) is 4.92. The molecule has 0 aromatic carbocycles. The Morgan fingerprint density at radius 1 is 1.10 bits per heavy atom. The summed E-state index contributed by atoms with van der Waals surface area (Å²) in [6.07, 6.45) is 5.36. The van der Waals surface area contributed by atoms with Gasteiger partial charge in [-0.1, -0.05) is 6.92 Å². The lowest BCUT2D eigenvalue weighted by Gasteiger charge is -2.50. The molecular weight excluding hydrogens is 256 g/mol. The average molecular weight is 280 g/mol. The van der Waals surface area contributed by atoms with E-state index in [2.05, 4.69) is 0 Å². The van der Waals surface area contributed by atoms with Crippen LogP contribution < -0.4 is 0 Å². The SMILES string of the molecule is CCC1C(=O)N2CCCCC2C(=O)N1C1CCOCC1. The predicted octanol–water partition coefficient (Wildman–Crippen LogP) is 1.17. The molecule has 0 aromatic heterocycles. The zero-order valence-electron chi connectivity index (χ0n) is 12.2. The second-order valence-corrected chi connectivity index (χ2v) is 6.06. The number of amides is 2. The van der Waals surface area contributed by atoms with E-state index < -0.39 is 0 Å². The van der Waals surface area contributed by atoms with Gasteiger partial charge in [-0.15, -0.1) is 0 Å². The molecule has 3 heterocycles. The van der Waals surface area contributed by atoms with Crippen molar-refractivity contribution in [3.63, 3.8) is 0 Å². The van der Waals surface area contributed by atoms with Crippen LogP contribution in [0.3, 0.4) is 0 Å². The maximum Gasteiger partial charge on any atom is 0.246 e. The van der Waals surface area contributed by atoms with Gasteiger partial charge in [-0.2, -0.15) is 0 Å². The highest BCUT2D eigenvalue weighted by Gasteiger charge is 2.48. The van der Waals surface area contributed by atoms with Crippen molar-refractivity contribution in [3.8, 4) is 0 Å². The Morgan fingerprint density at radius 3 is 2.55 bits per heavy atom. The standard InChI is InChI=1S/C15H24N2O3/c1-2-12-14(18)16-8-4-3-5-13(16)15(19)17(12)11-6-9-20-10-7-11/h11-13H,2-10H2,1H3. The van der Waals surface area contributed by atoms with Crippen LogP contribution >= 0.6 is 0 Å². The van der Waals surface area contributed by atoms with E-state index in [1.165, 1.54) is 0 Å². The first-order chi connectivity index (χ1) is 9.74. The number of piperazine rings is 1. The van der Waals surface area contributed by atoms with Crippen molar-refractivity contribution in [1.29, 1.82) is 0 Å². The van der Waals surface area contributed by atoms with Crippen molar-refractivity contribution in [2.45, 2.75) is 63.6 Å². The van der Waals surface area contributed by atoms with E-state index in [1.54, 1.807) is 0 Å². The number of rotatable bonds is 2. The zero-order valence-corrected chi connectivity index (χ0v) is 12.2. The van der Waals surface area contributed by atoms with Gasteiger partial charge in [-0.3, -0.25) is 9.59 Å². The number of fused-ring (bicyclic) bond motifs is 1. The Morgan fingerprint density at radius 2 is 1.85 bits per heavy atom. The van der Waals surface area contributed by atoms with Gasteiger partial charge in [0.25, 0.3) is 0 Å². The molecule has 2 unspecified atom stereocenters.